The first-order chi connectivity index (χ1) is 28.5. The SMILES string of the molecule is CN(C)C1CCCCC1.NC(=O)CCCOC1CCCCC1.NCCO.Nc1ccc(S(=O)Nc2nc3ccc(OCCCNC(=O)C4CCCCC4)cc3s2)c(F)c1. The summed E-state index contributed by atoms with van der Waals surface area (Å²) in [6.07, 6.45) is 21.4. The molecule has 6 rings (SSSR count). The third kappa shape index (κ3) is 20.1. The number of nitrogens with two attached hydrogens (primary N) is 3. The molecule has 0 bridgehead atoms. The van der Waals surface area contributed by atoms with Gasteiger partial charge in [0.15, 0.2) is 16.1 Å². The minimum atomic E-state index is -1.80. The van der Waals surface area contributed by atoms with Gasteiger partial charge >= 0.3 is 0 Å². The summed E-state index contributed by atoms with van der Waals surface area (Å²) in [5.41, 5.74) is 16.3. The molecule has 3 aliphatic rings. The number of primary amides is 1. The van der Waals surface area contributed by atoms with Crippen LogP contribution in [0, 0.1) is 11.7 Å². The van der Waals surface area contributed by atoms with Gasteiger partial charge in [-0.3, -0.25) is 14.3 Å². The summed E-state index contributed by atoms with van der Waals surface area (Å²) >= 11 is 1.31. The predicted molar refractivity (Wildman–Crippen MR) is 238 cm³/mol. The van der Waals surface area contributed by atoms with Crippen LogP contribution in [0.25, 0.3) is 10.2 Å². The second-order valence-electron chi connectivity index (χ2n) is 15.5. The maximum atomic E-state index is 14.0. The molecule has 332 valence electrons. The number of carbonyl (C=O) groups is 2. The number of nitrogen functional groups attached to an aromatic ring is 1. The van der Waals surface area contributed by atoms with Crippen molar-refractivity contribution in [2.75, 3.05) is 57.5 Å². The zero-order valence-electron chi connectivity index (χ0n) is 35.3. The maximum absolute atomic E-state index is 14.0. The molecule has 3 aromatic rings. The van der Waals surface area contributed by atoms with Crippen molar-refractivity contribution in [1.82, 2.24) is 15.2 Å². The molecule has 0 spiro atoms. The summed E-state index contributed by atoms with van der Waals surface area (Å²) in [5, 5.41) is 11.2. The molecular formula is C43H70FN7O6S2. The van der Waals surface area contributed by atoms with E-state index in [2.05, 4.69) is 34.0 Å². The monoisotopic (exact) mass is 863 g/mol. The van der Waals surface area contributed by atoms with E-state index in [4.69, 9.17) is 31.8 Å². The van der Waals surface area contributed by atoms with Crippen molar-refractivity contribution in [1.29, 1.82) is 0 Å². The van der Waals surface area contributed by atoms with Crippen LogP contribution in [0.2, 0.25) is 0 Å². The number of nitrogens with one attached hydrogen (secondary N) is 2. The van der Waals surface area contributed by atoms with Crippen LogP contribution in [0.4, 0.5) is 15.2 Å². The Bertz CT molecular complexity index is 1660. The number of aliphatic hydroxyl groups excluding tert-OH is 1. The lowest BCUT2D eigenvalue weighted by Gasteiger charge is -2.27. The molecule has 2 aromatic carbocycles. The Labute approximate surface area is 357 Å². The molecule has 3 saturated carbocycles. The van der Waals surface area contributed by atoms with E-state index in [0.29, 0.717) is 49.7 Å². The van der Waals surface area contributed by atoms with Crippen molar-refractivity contribution < 1.29 is 32.8 Å². The third-order valence-electron chi connectivity index (χ3n) is 10.5. The van der Waals surface area contributed by atoms with Crippen LogP contribution in [0.3, 0.4) is 0 Å². The second kappa shape index (κ2) is 28.9. The number of aliphatic hydroxyl groups is 1. The highest BCUT2D eigenvalue weighted by atomic mass is 32.2. The Morgan fingerprint density at radius 2 is 1.58 bits per heavy atom. The second-order valence-corrected chi connectivity index (χ2v) is 17.7. The van der Waals surface area contributed by atoms with Gasteiger partial charge in [-0.05, 0) is 102 Å². The fourth-order valence-electron chi connectivity index (χ4n) is 7.15. The molecule has 0 saturated heterocycles. The Morgan fingerprint density at radius 3 is 2.17 bits per heavy atom. The summed E-state index contributed by atoms with van der Waals surface area (Å²) in [5.74, 6) is 0.168. The van der Waals surface area contributed by atoms with Gasteiger partial charge in [-0.1, -0.05) is 69.1 Å². The van der Waals surface area contributed by atoms with Gasteiger partial charge in [-0.15, -0.1) is 0 Å². The van der Waals surface area contributed by atoms with Gasteiger partial charge in [-0.25, -0.2) is 13.6 Å². The van der Waals surface area contributed by atoms with Gasteiger partial charge in [0.05, 0.1) is 34.4 Å². The lowest BCUT2D eigenvalue weighted by Crippen LogP contribution is -2.33. The Kier molecular flexibility index (Phi) is 24.5. The van der Waals surface area contributed by atoms with Crippen LogP contribution >= 0.6 is 11.3 Å². The first kappa shape index (κ1) is 49.9. The van der Waals surface area contributed by atoms with Crippen molar-refractivity contribution in [2.24, 2.45) is 17.4 Å². The van der Waals surface area contributed by atoms with E-state index >= 15 is 0 Å². The van der Waals surface area contributed by atoms with E-state index < -0.39 is 16.8 Å². The van der Waals surface area contributed by atoms with Crippen LogP contribution in [0.1, 0.15) is 116 Å². The largest absolute Gasteiger partial charge is 0.493 e. The minimum absolute atomic E-state index is 0.0167. The van der Waals surface area contributed by atoms with Crippen LogP contribution in [-0.4, -0.2) is 90.2 Å². The molecule has 59 heavy (non-hydrogen) atoms. The number of nitrogens with zero attached hydrogens (tertiary/aromatic N) is 2. The van der Waals surface area contributed by atoms with E-state index in [1.54, 1.807) is 0 Å². The first-order valence-corrected chi connectivity index (χ1v) is 23.4. The summed E-state index contributed by atoms with van der Waals surface area (Å²) < 4.78 is 41.5. The van der Waals surface area contributed by atoms with Gasteiger partial charge in [-0.2, -0.15) is 0 Å². The number of halogens is 1. The van der Waals surface area contributed by atoms with E-state index in [0.717, 1.165) is 60.8 Å². The van der Waals surface area contributed by atoms with Crippen molar-refractivity contribution in [3.63, 3.8) is 0 Å². The number of ether oxygens (including phenoxy) is 2. The van der Waals surface area contributed by atoms with Gasteiger partial charge < -0.3 is 42.0 Å². The van der Waals surface area contributed by atoms with Gasteiger partial charge in [0.1, 0.15) is 11.6 Å². The molecule has 2 amide bonds. The fraction of sp³-hybridized carbons (Fsp3) is 0.651. The van der Waals surface area contributed by atoms with E-state index in [9.17, 15) is 18.2 Å². The van der Waals surface area contributed by atoms with Gasteiger partial charge in [0.2, 0.25) is 11.8 Å². The molecule has 1 atom stereocenters. The normalized spacial score (nSPS) is 16.7. The molecule has 1 aromatic heterocycles. The first-order valence-electron chi connectivity index (χ1n) is 21.4. The number of anilines is 2. The van der Waals surface area contributed by atoms with E-state index in [1.807, 2.05) is 18.2 Å². The molecular weight excluding hydrogens is 794 g/mol. The van der Waals surface area contributed by atoms with E-state index in [1.165, 1.54) is 94.1 Å². The number of amides is 2. The molecule has 3 aliphatic carbocycles. The third-order valence-corrected chi connectivity index (χ3v) is 12.6. The number of rotatable bonds is 16. The number of thiazole rings is 1. The molecule has 1 unspecified atom stereocenters. The Hall–Kier alpha value is -3.41. The topological polar surface area (TPSA) is 208 Å². The molecule has 0 radical (unpaired) electrons. The summed E-state index contributed by atoms with van der Waals surface area (Å²) in [6.45, 7) is 2.24. The lowest BCUT2D eigenvalue weighted by atomic mass is 9.89. The van der Waals surface area contributed by atoms with E-state index in [-0.39, 0.29) is 34.9 Å². The van der Waals surface area contributed by atoms with Crippen molar-refractivity contribution in [3.05, 3.63) is 42.2 Å². The van der Waals surface area contributed by atoms with Crippen LogP contribution in [0.5, 0.6) is 5.75 Å². The number of hydrogen-bond donors (Lipinski definition) is 6. The average Bonchev–Trinajstić information content (AvgIpc) is 3.65. The molecule has 16 heteroatoms. The number of hydrogen-bond acceptors (Lipinski definition) is 11. The summed E-state index contributed by atoms with van der Waals surface area (Å²) in [4.78, 5) is 29.4. The number of aromatic nitrogens is 1. The number of fused-ring (bicyclic) bond motifs is 1. The number of benzene rings is 2. The Morgan fingerprint density at radius 1 is 0.932 bits per heavy atom. The highest BCUT2D eigenvalue weighted by molar-refractivity contribution is 7.86. The maximum Gasteiger partial charge on any atom is 0.223 e. The highest BCUT2D eigenvalue weighted by Crippen LogP contribution is 2.31. The van der Waals surface area contributed by atoms with Crippen molar-refractivity contribution in [2.45, 2.75) is 133 Å². The Balaban J connectivity index is 0.000000290. The molecule has 3 fully saturated rings. The summed E-state index contributed by atoms with van der Waals surface area (Å²) in [6, 6.07) is 10.4. The van der Waals surface area contributed by atoms with Crippen molar-refractivity contribution >= 4 is 55.2 Å². The van der Waals surface area contributed by atoms with Crippen LogP contribution < -0.4 is 32.0 Å². The minimum Gasteiger partial charge on any atom is -0.493 e. The van der Waals surface area contributed by atoms with Crippen LogP contribution in [-0.2, 0) is 25.3 Å². The highest BCUT2D eigenvalue weighted by Gasteiger charge is 2.20. The standard InChI is InChI=1S/C23H27FN4O3S2.C10H19NO2.C8H17N.C2H7NO/c24-18-13-16(25)7-10-21(18)33(30)28-23-27-19-9-8-17(14-20(19)32-23)31-12-4-11-26-22(29)15-5-2-1-3-6-15;11-10(12)7-4-8-13-9-5-2-1-3-6-9;1-9(2)8-6-4-3-5-7-8;3-1-2-4/h7-10,13-15H,1-6,11-12,25H2,(H,26,29)(H,27,28);9H,1-8H2,(H2,11,12);8H,3-7H2,1-2H3;4H,1-3H2. The molecule has 9 N–H and O–H groups in total. The zero-order valence-corrected chi connectivity index (χ0v) is 36.9. The van der Waals surface area contributed by atoms with Crippen molar-refractivity contribution in [3.8, 4) is 5.75 Å². The van der Waals surface area contributed by atoms with Gasteiger partial charge in [0, 0.05) is 43.8 Å². The number of carbonyl (C=O) groups excluding carboxylic acids is 2. The van der Waals surface area contributed by atoms with Gasteiger partial charge in [0.25, 0.3) is 0 Å². The zero-order chi connectivity index (χ0) is 42.8. The molecule has 13 nitrogen and oxygen atoms in total. The quantitative estimate of drug-likeness (QED) is 0.0640. The predicted octanol–water partition coefficient (Wildman–Crippen LogP) is 7.04. The van der Waals surface area contributed by atoms with Crippen LogP contribution in [0.15, 0.2) is 41.3 Å². The average molecular weight is 864 g/mol. The lowest BCUT2D eigenvalue weighted by molar-refractivity contribution is -0.126. The fourth-order valence-corrected chi connectivity index (χ4v) is 9.03. The summed E-state index contributed by atoms with van der Waals surface area (Å²) in [7, 11) is 2.58. The smallest absolute Gasteiger partial charge is 0.223 e. The molecule has 1 heterocycles. The molecule has 0 aliphatic heterocycles.